The summed E-state index contributed by atoms with van der Waals surface area (Å²) in [7, 11) is 0. The molecule has 2 heteroatoms. The van der Waals surface area contributed by atoms with Gasteiger partial charge in [-0.05, 0) is 19.3 Å². The zero-order valence-electron chi connectivity index (χ0n) is 11.5. The quantitative estimate of drug-likeness (QED) is 0.585. The molecule has 0 radical (unpaired) electrons. The molecule has 1 aliphatic rings. The molecule has 0 spiro atoms. The molecule has 0 amide bonds. The van der Waals surface area contributed by atoms with Gasteiger partial charge in [-0.3, -0.25) is 0 Å². The van der Waals surface area contributed by atoms with E-state index in [4.69, 9.17) is 4.74 Å². The summed E-state index contributed by atoms with van der Waals surface area (Å²) in [5.74, 6) is 0. The molecule has 17 heavy (non-hydrogen) atoms. The molecule has 1 heterocycles. The second-order valence-corrected chi connectivity index (χ2v) is 5.38. The van der Waals surface area contributed by atoms with Crippen LogP contribution in [0.2, 0.25) is 0 Å². The largest absolute Gasteiger partial charge is 0.390 e. The van der Waals surface area contributed by atoms with E-state index >= 15 is 0 Å². The highest BCUT2D eigenvalue weighted by atomic mass is 16.5. The monoisotopic (exact) mass is 242 g/mol. The van der Waals surface area contributed by atoms with E-state index in [-0.39, 0.29) is 12.2 Å². The molecular weight excluding hydrogens is 212 g/mol. The molecule has 2 unspecified atom stereocenters. The van der Waals surface area contributed by atoms with Gasteiger partial charge < -0.3 is 9.84 Å². The van der Waals surface area contributed by atoms with Crippen LogP contribution < -0.4 is 0 Å². The summed E-state index contributed by atoms with van der Waals surface area (Å²) in [6, 6.07) is 0. The lowest BCUT2D eigenvalue weighted by Gasteiger charge is -2.16. The van der Waals surface area contributed by atoms with Gasteiger partial charge in [0.25, 0.3) is 0 Å². The average Bonchev–Trinajstić information content (AvgIpc) is 2.86. The predicted octanol–water partition coefficient (Wildman–Crippen LogP) is 4.06. The van der Waals surface area contributed by atoms with Crippen LogP contribution >= 0.6 is 0 Å². The van der Waals surface area contributed by atoms with Crippen molar-refractivity contribution in [1.82, 2.24) is 0 Å². The Morgan fingerprint density at radius 2 is 1.71 bits per heavy atom. The third-order valence-electron chi connectivity index (χ3n) is 3.75. The topological polar surface area (TPSA) is 29.5 Å². The summed E-state index contributed by atoms with van der Waals surface area (Å²) in [4.78, 5) is 0. The minimum Gasteiger partial charge on any atom is -0.390 e. The first kappa shape index (κ1) is 15.0. The lowest BCUT2D eigenvalue weighted by Crippen LogP contribution is -2.24. The Bertz CT molecular complexity index is 164. The van der Waals surface area contributed by atoms with Gasteiger partial charge in [0.2, 0.25) is 0 Å². The van der Waals surface area contributed by atoms with Crippen molar-refractivity contribution in [2.45, 2.75) is 89.8 Å². The molecule has 0 bridgehead atoms. The Morgan fingerprint density at radius 1 is 1.06 bits per heavy atom. The zero-order valence-corrected chi connectivity index (χ0v) is 11.5. The lowest BCUT2D eigenvalue weighted by atomic mass is 10.0. The van der Waals surface area contributed by atoms with E-state index in [0.717, 1.165) is 32.3 Å². The number of rotatable bonds is 10. The fourth-order valence-corrected chi connectivity index (χ4v) is 2.58. The maximum Gasteiger partial charge on any atom is 0.0834 e. The first-order valence-corrected chi connectivity index (χ1v) is 7.64. The second kappa shape index (κ2) is 9.90. The maximum atomic E-state index is 9.90. The fraction of sp³-hybridized carbons (Fsp3) is 1.00. The number of ether oxygens (including phenoxy) is 1. The van der Waals surface area contributed by atoms with E-state index < -0.39 is 0 Å². The molecule has 0 aromatic rings. The Labute approximate surface area is 107 Å². The Kier molecular flexibility index (Phi) is 8.72. The number of aliphatic hydroxyl groups is 1. The number of unbranched alkanes of at least 4 members (excludes halogenated alkanes) is 7. The summed E-state index contributed by atoms with van der Waals surface area (Å²) in [6.45, 7) is 3.10. The summed E-state index contributed by atoms with van der Waals surface area (Å²) < 4.78 is 5.49. The van der Waals surface area contributed by atoms with E-state index in [2.05, 4.69) is 6.92 Å². The second-order valence-electron chi connectivity index (χ2n) is 5.38. The van der Waals surface area contributed by atoms with Gasteiger partial charge in [0.05, 0.1) is 12.2 Å². The SMILES string of the molecule is CCCCCCCCCCC(O)C1CCCO1. The van der Waals surface area contributed by atoms with Crippen molar-refractivity contribution in [3.63, 3.8) is 0 Å². The van der Waals surface area contributed by atoms with E-state index in [1.807, 2.05) is 0 Å². The van der Waals surface area contributed by atoms with Crippen LogP contribution in [-0.4, -0.2) is 23.9 Å². The highest BCUT2D eigenvalue weighted by Gasteiger charge is 2.23. The van der Waals surface area contributed by atoms with Crippen molar-refractivity contribution >= 4 is 0 Å². The number of hydrogen-bond donors (Lipinski definition) is 1. The first-order chi connectivity index (χ1) is 8.34. The third kappa shape index (κ3) is 7.05. The average molecular weight is 242 g/mol. The van der Waals surface area contributed by atoms with Crippen molar-refractivity contribution in [3.8, 4) is 0 Å². The molecule has 0 aromatic carbocycles. The van der Waals surface area contributed by atoms with E-state index in [9.17, 15) is 5.11 Å². The van der Waals surface area contributed by atoms with Crippen LogP contribution in [0.4, 0.5) is 0 Å². The van der Waals surface area contributed by atoms with Crippen molar-refractivity contribution in [2.24, 2.45) is 0 Å². The lowest BCUT2D eigenvalue weighted by molar-refractivity contribution is -0.00636. The van der Waals surface area contributed by atoms with Gasteiger partial charge >= 0.3 is 0 Å². The molecule has 2 nitrogen and oxygen atoms in total. The first-order valence-electron chi connectivity index (χ1n) is 7.64. The van der Waals surface area contributed by atoms with Crippen molar-refractivity contribution < 1.29 is 9.84 Å². The van der Waals surface area contributed by atoms with Gasteiger partial charge in [-0.2, -0.15) is 0 Å². The Hall–Kier alpha value is -0.0800. The van der Waals surface area contributed by atoms with Crippen LogP contribution in [0.15, 0.2) is 0 Å². The molecule has 1 N–H and O–H groups in total. The van der Waals surface area contributed by atoms with Gasteiger partial charge in [-0.1, -0.05) is 58.3 Å². The molecule has 0 saturated carbocycles. The molecule has 2 atom stereocenters. The summed E-state index contributed by atoms with van der Waals surface area (Å²) in [5.41, 5.74) is 0. The summed E-state index contributed by atoms with van der Waals surface area (Å²) in [5, 5.41) is 9.90. The van der Waals surface area contributed by atoms with Crippen molar-refractivity contribution in [3.05, 3.63) is 0 Å². The normalized spacial score (nSPS) is 21.9. The third-order valence-corrected chi connectivity index (χ3v) is 3.75. The minimum absolute atomic E-state index is 0.138. The Morgan fingerprint density at radius 3 is 2.29 bits per heavy atom. The molecule has 0 aliphatic carbocycles. The number of aliphatic hydroxyl groups excluding tert-OH is 1. The number of hydrogen-bond acceptors (Lipinski definition) is 2. The van der Waals surface area contributed by atoms with Crippen LogP contribution in [0.5, 0.6) is 0 Å². The fourth-order valence-electron chi connectivity index (χ4n) is 2.58. The van der Waals surface area contributed by atoms with Crippen LogP contribution in [0, 0.1) is 0 Å². The van der Waals surface area contributed by atoms with Crippen LogP contribution in [0.3, 0.4) is 0 Å². The predicted molar refractivity (Wildman–Crippen MR) is 72.2 cm³/mol. The highest BCUT2D eigenvalue weighted by Crippen LogP contribution is 2.19. The van der Waals surface area contributed by atoms with Gasteiger partial charge in [-0.15, -0.1) is 0 Å². The van der Waals surface area contributed by atoms with E-state index in [0.29, 0.717) is 0 Å². The van der Waals surface area contributed by atoms with Gasteiger partial charge in [-0.25, -0.2) is 0 Å². The Balaban J connectivity index is 1.83. The van der Waals surface area contributed by atoms with E-state index in [1.54, 1.807) is 0 Å². The van der Waals surface area contributed by atoms with Gasteiger partial charge in [0.15, 0.2) is 0 Å². The molecule has 1 rings (SSSR count). The minimum atomic E-state index is -0.211. The van der Waals surface area contributed by atoms with E-state index in [1.165, 1.54) is 44.9 Å². The highest BCUT2D eigenvalue weighted by molar-refractivity contribution is 4.73. The van der Waals surface area contributed by atoms with Crippen LogP contribution in [0.25, 0.3) is 0 Å². The zero-order chi connectivity index (χ0) is 12.3. The summed E-state index contributed by atoms with van der Waals surface area (Å²) in [6.07, 6.45) is 13.7. The summed E-state index contributed by atoms with van der Waals surface area (Å²) >= 11 is 0. The van der Waals surface area contributed by atoms with Crippen LogP contribution in [-0.2, 0) is 4.74 Å². The van der Waals surface area contributed by atoms with Crippen molar-refractivity contribution in [2.75, 3.05) is 6.61 Å². The molecule has 102 valence electrons. The van der Waals surface area contributed by atoms with Crippen LogP contribution in [0.1, 0.15) is 77.6 Å². The molecule has 1 saturated heterocycles. The van der Waals surface area contributed by atoms with Gasteiger partial charge in [0, 0.05) is 6.61 Å². The standard InChI is InChI=1S/C15H30O2/c1-2-3-4-5-6-7-8-9-11-14(16)15-12-10-13-17-15/h14-16H,2-13H2,1H3. The maximum absolute atomic E-state index is 9.90. The smallest absolute Gasteiger partial charge is 0.0834 e. The molecular formula is C15H30O2. The molecule has 0 aromatic heterocycles. The van der Waals surface area contributed by atoms with Crippen molar-refractivity contribution in [1.29, 1.82) is 0 Å². The molecule has 1 fully saturated rings. The van der Waals surface area contributed by atoms with Gasteiger partial charge in [0.1, 0.15) is 0 Å². The molecule has 1 aliphatic heterocycles.